The molecule has 6 nitrogen and oxygen atoms in total. The first-order valence-corrected chi connectivity index (χ1v) is 5.76. The summed E-state index contributed by atoms with van der Waals surface area (Å²) in [5.74, 6) is 0.153. The van der Waals surface area contributed by atoms with Crippen molar-refractivity contribution in [3.8, 4) is 0 Å². The van der Waals surface area contributed by atoms with Gasteiger partial charge in [0.2, 0.25) is 5.82 Å². The minimum absolute atomic E-state index is 0.106. The van der Waals surface area contributed by atoms with Gasteiger partial charge in [-0.05, 0) is 12.5 Å². The summed E-state index contributed by atoms with van der Waals surface area (Å²) in [6, 6.07) is 2.70. The number of rotatable bonds is 8. The molecule has 98 valence electrons. The van der Waals surface area contributed by atoms with E-state index >= 15 is 0 Å². The zero-order valence-corrected chi connectivity index (χ0v) is 10.5. The van der Waals surface area contributed by atoms with Crippen molar-refractivity contribution in [1.29, 1.82) is 0 Å². The third kappa shape index (κ3) is 4.68. The summed E-state index contributed by atoms with van der Waals surface area (Å²) >= 11 is 5.69. The molecule has 1 N–H and O–H groups in total. The molecule has 0 radical (unpaired) electrons. The van der Waals surface area contributed by atoms with Gasteiger partial charge in [0.05, 0.1) is 18.1 Å². The SMILES string of the molecule is C=CCCOCCNc1nc(Cl)ccc1[N+](=O)[O-]. The van der Waals surface area contributed by atoms with E-state index in [0.717, 1.165) is 6.42 Å². The van der Waals surface area contributed by atoms with Gasteiger partial charge in [-0.3, -0.25) is 10.1 Å². The molecule has 0 bridgehead atoms. The van der Waals surface area contributed by atoms with Crippen LogP contribution in [-0.2, 0) is 4.74 Å². The first-order valence-electron chi connectivity index (χ1n) is 5.38. The van der Waals surface area contributed by atoms with E-state index in [1.165, 1.54) is 12.1 Å². The summed E-state index contributed by atoms with van der Waals surface area (Å²) in [7, 11) is 0. The van der Waals surface area contributed by atoms with Crippen molar-refractivity contribution < 1.29 is 9.66 Å². The van der Waals surface area contributed by atoms with Crippen LogP contribution in [0.25, 0.3) is 0 Å². The van der Waals surface area contributed by atoms with Gasteiger partial charge in [-0.15, -0.1) is 6.58 Å². The number of halogens is 1. The molecule has 18 heavy (non-hydrogen) atoms. The predicted molar refractivity (Wildman–Crippen MR) is 70.0 cm³/mol. The van der Waals surface area contributed by atoms with Crippen LogP contribution in [0.2, 0.25) is 5.15 Å². The topological polar surface area (TPSA) is 77.3 Å². The lowest BCUT2D eigenvalue weighted by Crippen LogP contribution is -2.12. The summed E-state index contributed by atoms with van der Waals surface area (Å²) < 4.78 is 5.26. The van der Waals surface area contributed by atoms with E-state index in [0.29, 0.717) is 19.8 Å². The van der Waals surface area contributed by atoms with E-state index in [1.807, 2.05) is 0 Å². The maximum absolute atomic E-state index is 10.7. The Morgan fingerprint density at radius 2 is 2.33 bits per heavy atom. The van der Waals surface area contributed by atoms with Crippen molar-refractivity contribution in [2.24, 2.45) is 0 Å². The van der Waals surface area contributed by atoms with Gasteiger partial charge in [0.15, 0.2) is 0 Å². The summed E-state index contributed by atoms with van der Waals surface area (Å²) in [5, 5.41) is 13.8. The third-order valence-electron chi connectivity index (χ3n) is 2.04. The zero-order chi connectivity index (χ0) is 13.4. The van der Waals surface area contributed by atoms with Crippen LogP contribution in [0, 0.1) is 10.1 Å². The standard InChI is InChI=1S/C11H14ClN3O3/c1-2-3-7-18-8-6-13-11-9(15(16)17)4-5-10(12)14-11/h2,4-5H,1,3,6-8H2,(H,13,14). The van der Waals surface area contributed by atoms with Gasteiger partial charge in [-0.1, -0.05) is 17.7 Å². The van der Waals surface area contributed by atoms with E-state index in [-0.39, 0.29) is 16.7 Å². The lowest BCUT2D eigenvalue weighted by Gasteiger charge is -2.06. The molecule has 0 saturated carbocycles. The third-order valence-corrected chi connectivity index (χ3v) is 2.25. The van der Waals surface area contributed by atoms with Crippen molar-refractivity contribution in [3.05, 3.63) is 40.1 Å². The number of ether oxygens (including phenoxy) is 1. The Morgan fingerprint density at radius 1 is 1.56 bits per heavy atom. The van der Waals surface area contributed by atoms with Crippen molar-refractivity contribution in [2.75, 3.05) is 25.1 Å². The van der Waals surface area contributed by atoms with Crippen LogP contribution in [0.15, 0.2) is 24.8 Å². The van der Waals surface area contributed by atoms with Gasteiger partial charge in [0.1, 0.15) is 5.15 Å². The average Bonchev–Trinajstić information content (AvgIpc) is 2.33. The van der Waals surface area contributed by atoms with Crippen molar-refractivity contribution >= 4 is 23.1 Å². The second-order valence-corrected chi connectivity index (χ2v) is 3.76. The summed E-state index contributed by atoms with van der Waals surface area (Å²) in [5.41, 5.74) is -0.106. The highest BCUT2D eigenvalue weighted by molar-refractivity contribution is 6.29. The predicted octanol–water partition coefficient (Wildman–Crippen LogP) is 2.65. The number of nitrogens with zero attached hydrogens (tertiary/aromatic N) is 2. The van der Waals surface area contributed by atoms with Crippen LogP contribution in [0.3, 0.4) is 0 Å². The van der Waals surface area contributed by atoms with Crippen LogP contribution in [-0.4, -0.2) is 29.7 Å². The molecule has 0 atom stereocenters. The highest BCUT2D eigenvalue weighted by Gasteiger charge is 2.14. The summed E-state index contributed by atoms with van der Waals surface area (Å²) in [6.45, 7) is 5.00. The maximum Gasteiger partial charge on any atom is 0.311 e. The molecule has 0 fully saturated rings. The van der Waals surface area contributed by atoms with Gasteiger partial charge >= 0.3 is 5.69 Å². The molecule has 0 aliphatic carbocycles. The second-order valence-electron chi connectivity index (χ2n) is 3.38. The van der Waals surface area contributed by atoms with Gasteiger partial charge in [-0.25, -0.2) is 4.98 Å². The Kier molecular flexibility index (Phi) is 6.10. The van der Waals surface area contributed by atoms with Crippen molar-refractivity contribution in [1.82, 2.24) is 4.98 Å². The average molecular weight is 272 g/mol. The molecule has 0 aliphatic heterocycles. The fourth-order valence-electron chi connectivity index (χ4n) is 1.22. The second kappa shape index (κ2) is 7.62. The van der Waals surface area contributed by atoms with Crippen LogP contribution in [0.4, 0.5) is 11.5 Å². The molecule has 1 heterocycles. The minimum atomic E-state index is -0.510. The van der Waals surface area contributed by atoms with Crippen LogP contribution in [0.5, 0.6) is 0 Å². The number of hydrogen-bond acceptors (Lipinski definition) is 5. The normalized spacial score (nSPS) is 10.1. The molecule has 0 spiro atoms. The van der Waals surface area contributed by atoms with Crippen molar-refractivity contribution in [2.45, 2.75) is 6.42 Å². The molecule has 1 aromatic heterocycles. The fraction of sp³-hybridized carbons (Fsp3) is 0.364. The monoisotopic (exact) mass is 271 g/mol. The number of hydrogen-bond donors (Lipinski definition) is 1. The fourth-order valence-corrected chi connectivity index (χ4v) is 1.36. The molecular formula is C11H14ClN3O3. The highest BCUT2D eigenvalue weighted by Crippen LogP contribution is 2.23. The largest absolute Gasteiger partial charge is 0.379 e. The molecule has 7 heteroatoms. The highest BCUT2D eigenvalue weighted by atomic mass is 35.5. The molecule has 0 amide bonds. The summed E-state index contributed by atoms with van der Waals surface area (Å²) in [4.78, 5) is 14.1. The molecule has 0 saturated heterocycles. The van der Waals surface area contributed by atoms with E-state index in [4.69, 9.17) is 16.3 Å². The van der Waals surface area contributed by atoms with Gasteiger partial charge in [-0.2, -0.15) is 0 Å². The number of nitrogens with one attached hydrogen (secondary N) is 1. The van der Waals surface area contributed by atoms with Crippen LogP contribution < -0.4 is 5.32 Å². The van der Waals surface area contributed by atoms with Gasteiger partial charge in [0.25, 0.3) is 0 Å². The minimum Gasteiger partial charge on any atom is -0.379 e. The molecule has 0 aliphatic rings. The smallest absolute Gasteiger partial charge is 0.311 e. The molecule has 0 aromatic carbocycles. The quantitative estimate of drug-likeness (QED) is 0.259. The first kappa shape index (κ1) is 14.4. The molecule has 1 aromatic rings. The van der Waals surface area contributed by atoms with E-state index < -0.39 is 4.92 Å². The van der Waals surface area contributed by atoms with E-state index in [9.17, 15) is 10.1 Å². The van der Waals surface area contributed by atoms with Gasteiger partial charge < -0.3 is 10.1 Å². The Labute approximate surface area is 110 Å². The summed E-state index contributed by atoms with van der Waals surface area (Å²) in [6.07, 6.45) is 2.53. The molecule has 0 unspecified atom stereocenters. The first-order chi connectivity index (χ1) is 8.65. The lowest BCUT2D eigenvalue weighted by atomic mass is 10.4. The van der Waals surface area contributed by atoms with Crippen LogP contribution in [0.1, 0.15) is 6.42 Å². The Morgan fingerprint density at radius 3 is 3.00 bits per heavy atom. The molecule has 1 rings (SSSR count). The zero-order valence-electron chi connectivity index (χ0n) is 9.76. The number of aromatic nitrogens is 1. The number of nitro groups is 1. The Hall–Kier alpha value is -1.66. The van der Waals surface area contributed by atoms with Crippen LogP contribution >= 0.6 is 11.6 Å². The van der Waals surface area contributed by atoms with E-state index in [1.54, 1.807) is 6.08 Å². The van der Waals surface area contributed by atoms with E-state index in [2.05, 4.69) is 16.9 Å². The maximum atomic E-state index is 10.7. The molecular weight excluding hydrogens is 258 g/mol. The number of anilines is 1. The van der Waals surface area contributed by atoms with Crippen molar-refractivity contribution in [3.63, 3.8) is 0 Å². The Bertz CT molecular complexity index is 426. The Balaban J connectivity index is 2.47. The lowest BCUT2D eigenvalue weighted by molar-refractivity contribution is -0.384. The number of pyridine rings is 1. The van der Waals surface area contributed by atoms with Gasteiger partial charge in [0, 0.05) is 12.6 Å².